The van der Waals surface area contributed by atoms with Crippen LogP contribution in [0.5, 0.6) is 0 Å². The number of furan rings is 1. The van der Waals surface area contributed by atoms with Crippen molar-refractivity contribution in [2.45, 2.75) is 6.92 Å². The number of halogens is 2. The largest absolute Gasteiger partial charge is 0.456 e. The van der Waals surface area contributed by atoms with Gasteiger partial charge in [-0.25, -0.2) is 0 Å². The fourth-order valence-electron chi connectivity index (χ4n) is 2.37. The van der Waals surface area contributed by atoms with Crippen molar-refractivity contribution in [1.29, 1.82) is 0 Å². The molecule has 0 saturated carbocycles. The molecule has 1 aliphatic heterocycles. The monoisotopic (exact) mass is 424 g/mol. The van der Waals surface area contributed by atoms with Crippen LogP contribution in [0.2, 0.25) is 10.0 Å². The van der Waals surface area contributed by atoms with Crippen molar-refractivity contribution in [3.8, 4) is 0 Å². The molecule has 0 radical (unpaired) electrons. The zero-order chi connectivity index (χ0) is 19.6. The predicted molar refractivity (Wildman–Crippen MR) is 105 cm³/mol. The van der Waals surface area contributed by atoms with Crippen LogP contribution < -0.4 is 5.32 Å². The van der Waals surface area contributed by atoms with Gasteiger partial charge in [-0.3, -0.25) is 19.3 Å². The van der Waals surface area contributed by atoms with Crippen LogP contribution in [0.1, 0.15) is 21.9 Å². The third-order valence-electron chi connectivity index (χ3n) is 3.70. The van der Waals surface area contributed by atoms with E-state index in [-0.39, 0.29) is 23.8 Å². The smallest absolute Gasteiger partial charge is 0.293 e. The Kier molecular flexibility index (Phi) is 5.94. The first-order valence-corrected chi connectivity index (χ1v) is 9.47. The van der Waals surface area contributed by atoms with E-state index >= 15 is 0 Å². The van der Waals surface area contributed by atoms with Crippen LogP contribution in [0.15, 0.2) is 39.7 Å². The molecule has 3 amide bonds. The molecule has 9 heteroatoms. The van der Waals surface area contributed by atoms with Crippen LogP contribution in [-0.2, 0) is 4.79 Å². The Balaban J connectivity index is 1.61. The van der Waals surface area contributed by atoms with Crippen molar-refractivity contribution in [2.75, 3.05) is 13.1 Å². The normalized spacial score (nSPS) is 15.7. The lowest BCUT2D eigenvalue weighted by Gasteiger charge is -2.12. The highest BCUT2D eigenvalue weighted by Gasteiger charge is 2.34. The van der Waals surface area contributed by atoms with Gasteiger partial charge in [-0.05, 0) is 54.6 Å². The number of rotatable bonds is 5. The summed E-state index contributed by atoms with van der Waals surface area (Å²) < 4.78 is 5.22. The molecular formula is C18H14Cl2N2O4S. The number of thioether (sulfide) groups is 1. The van der Waals surface area contributed by atoms with Gasteiger partial charge in [0.25, 0.3) is 17.1 Å². The van der Waals surface area contributed by atoms with E-state index < -0.39 is 17.1 Å². The number of hydrogen-bond acceptors (Lipinski definition) is 5. The van der Waals surface area contributed by atoms with E-state index in [9.17, 15) is 14.4 Å². The molecule has 0 spiro atoms. The molecule has 140 valence electrons. The molecule has 1 aromatic heterocycles. The van der Waals surface area contributed by atoms with Gasteiger partial charge in [-0.15, -0.1) is 0 Å². The summed E-state index contributed by atoms with van der Waals surface area (Å²) in [7, 11) is 0. The van der Waals surface area contributed by atoms with Crippen LogP contribution in [-0.4, -0.2) is 35.0 Å². The number of amides is 3. The van der Waals surface area contributed by atoms with Crippen molar-refractivity contribution in [1.82, 2.24) is 10.2 Å². The average molecular weight is 425 g/mol. The Hall–Kier alpha value is -2.22. The Morgan fingerprint density at radius 3 is 2.67 bits per heavy atom. The number of carbonyl (C=O) groups is 3. The highest BCUT2D eigenvalue weighted by Crippen LogP contribution is 2.33. The number of carbonyl (C=O) groups excluding carboxylic acids is 3. The molecule has 1 fully saturated rings. The molecule has 1 saturated heterocycles. The summed E-state index contributed by atoms with van der Waals surface area (Å²) in [5.41, 5.74) is 0.663. The predicted octanol–water partition coefficient (Wildman–Crippen LogP) is 4.36. The lowest BCUT2D eigenvalue weighted by Crippen LogP contribution is -2.37. The Morgan fingerprint density at radius 2 is 2.00 bits per heavy atom. The molecule has 27 heavy (non-hydrogen) atoms. The summed E-state index contributed by atoms with van der Waals surface area (Å²) in [4.78, 5) is 37.8. The maximum absolute atomic E-state index is 12.4. The fourth-order valence-corrected chi connectivity index (χ4v) is 3.54. The minimum absolute atomic E-state index is 0.0643. The maximum Gasteiger partial charge on any atom is 0.293 e. The molecule has 1 aliphatic rings. The Bertz CT molecular complexity index is 955. The van der Waals surface area contributed by atoms with Gasteiger partial charge in [-0.2, -0.15) is 0 Å². The van der Waals surface area contributed by atoms with Crippen molar-refractivity contribution >= 4 is 58.1 Å². The van der Waals surface area contributed by atoms with Crippen molar-refractivity contribution < 1.29 is 18.8 Å². The van der Waals surface area contributed by atoms with Crippen LogP contribution in [0.25, 0.3) is 6.08 Å². The third kappa shape index (κ3) is 4.55. The molecule has 6 nitrogen and oxygen atoms in total. The first-order chi connectivity index (χ1) is 12.8. The summed E-state index contributed by atoms with van der Waals surface area (Å²) in [6, 6.07) is 8.17. The van der Waals surface area contributed by atoms with Crippen molar-refractivity contribution in [2.24, 2.45) is 0 Å². The van der Waals surface area contributed by atoms with Crippen LogP contribution in [0.3, 0.4) is 0 Å². The Morgan fingerprint density at radius 1 is 1.22 bits per heavy atom. The van der Waals surface area contributed by atoms with E-state index in [0.717, 1.165) is 16.7 Å². The van der Waals surface area contributed by atoms with Gasteiger partial charge in [-0.1, -0.05) is 29.3 Å². The molecule has 1 aromatic carbocycles. The topological polar surface area (TPSA) is 79.6 Å². The summed E-state index contributed by atoms with van der Waals surface area (Å²) >= 11 is 12.7. The van der Waals surface area contributed by atoms with Crippen LogP contribution in [0, 0.1) is 6.92 Å². The van der Waals surface area contributed by atoms with Gasteiger partial charge in [0, 0.05) is 13.1 Å². The maximum atomic E-state index is 12.4. The molecule has 0 bridgehead atoms. The lowest BCUT2D eigenvalue weighted by atomic mass is 10.2. The number of benzene rings is 1. The quantitative estimate of drug-likeness (QED) is 0.721. The zero-order valence-electron chi connectivity index (χ0n) is 14.1. The third-order valence-corrected chi connectivity index (χ3v) is 5.35. The first-order valence-electron chi connectivity index (χ1n) is 7.90. The Labute approximate surface area is 169 Å². The van der Waals surface area contributed by atoms with Gasteiger partial charge in [0.15, 0.2) is 5.76 Å². The average Bonchev–Trinajstić information content (AvgIpc) is 3.16. The lowest BCUT2D eigenvalue weighted by molar-refractivity contribution is -0.122. The van der Waals surface area contributed by atoms with Crippen LogP contribution >= 0.6 is 35.0 Å². The van der Waals surface area contributed by atoms with E-state index in [1.54, 1.807) is 43.3 Å². The van der Waals surface area contributed by atoms with E-state index in [1.165, 1.54) is 0 Å². The van der Waals surface area contributed by atoms with Gasteiger partial charge in [0.1, 0.15) is 5.76 Å². The summed E-state index contributed by atoms with van der Waals surface area (Å²) in [6.45, 7) is 1.92. The zero-order valence-corrected chi connectivity index (χ0v) is 16.5. The number of aryl methyl sites for hydroxylation is 1. The standard InChI is InChI=1S/C18H14Cl2N2O4S/c1-10-2-5-14(26-10)16(23)21-6-7-22-17(24)15(27-18(22)25)9-11-3-4-12(19)13(20)8-11/h2-5,8-9H,6-7H2,1H3,(H,21,23). The second-order valence-electron chi connectivity index (χ2n) is 5.67. The van der Waals surface area contributed by atoms with Gasteiger partial charge < -0.3 is 9.73 Å². The minimum Gasteiger partial charge on any atom is -0.456 e. The highest BCUT2D eigenvalue weighted by molar-refractivity contribution is 8.18. The molecule has 0 unspecified atom stereocenters. The van der Waals surface area contributed by atoms with E-state index in [4.69, 9.17) is 27.6 Å². The van der Waals surface area contributed by atoms with E-state index in [0.29, 0.717) is 21.4 Å². The molecule has 1 N–H and O–H groups in total. The second kappa shape index (κ2) is 8.21. The summed E-state index contributed by atoms with van der Waals surface area (Å²) in [5.74, 6) is -0.0136. The molecule has 2 heterocycles. The molecule has 2 aromatic rings. The molecule has 3 rings (SSSR count). The highest BCUT2D eigenvalue weighted by atomic mass is 35.5. The van der Waals surface area contributed by atoms with Gasteiger partial charge in [0.05, 0.1) is 15.0 Å². The molecular weight excluding hydrogens is 411 g/mol. The molecule has 0 atom stereocenters. The van der Waals surface area contributed by atoms with Gasteiger partial charge >= 0.3 is 0 Å². The number of imide groups is 1. The van der Waals surface area contributed by atoms with Gasteiger partial charge in [0.2, 0.25) is 0 Å². The van der Waals surface area contributed by atoms with E-state index in [2.05, 4.69) is 5.32 Å². The van der Waals surface area contributed by atoms with Crippen molar-refractivity contribution in [3.05, 3.63) is 62.4 Å². The number of nitrogens with zero attached hydrogens (tertiary/aromatic N) is 1. The minimum atomic E-state index is -0.417. The number of nitrogens with one attached hydrogen (secondary N) is 1. The first kappa shape index (κ1) is 19.5. The van der Waals surface area contributed by atoms with Crippen molar-refractivity contribution in [3.63, 3.8) is 0 Å². The SMILES string of the molecule is Cc1ccc(C(=O)NCCN2C(=O)SC(=Cc3ccc(Cl)c(Cl)c3)C2=O)o1. The van der Waals surface area contributed by atoms with E-state index in [1.807, 2.05) is 0 Å². The fraction of sp³-hybridized carbons (Fsp3) is 0.167. The summed E-state index contributed by atoms with van der Waals surface area (Å²) in [6.07, 6.45) is 1.58. The molecule has 0 aliphatic carbocycles. The number of hydrogen-bond donors (Lipinski definition) is 1. The van der Waals surface area contributed by atoms with Crippen LogP contribution in [0.4, 0.5) is 4.79 Å². The summed E-state index contributed by atoms with van der Waals surface area (Å²) in [5, 5.41) is 2.99. The second-order valence-corrected chi connectivity index (χ2v) is 7.48.